The molecule has 1 N–H and O–H groups in total. The van der Waals surface area contributed by atoms with Crippen molar-refractivity contribution in [2.75, 3.05) is 6.54 Å². The number of hydrogen-bond donors (Lipinski definition) is 1. The van der Waals surface area contributed by atoms with Crippen molar-refractivity contribution in [2.24, 2.45) is 0 Å². The summed E-state index contributed by atoms with van der Waals surface area (Å²) in [6, 6.07) is 0.279. The maximum absolute atomic E-state index is 11.9. The second-order valence-electron chi connectivity index (χ2n) is 4.96. The predicted molar refractivity (Wildman–Crippen MR) is 56.6 cm³/mol. The molecule has 4 nitrogen and oxygen atoms in total. The first-order valence-electron chi connectivity index (χ1n) is 5.63. The zero-order chi connectivity index (χ0) is 11.1. The Morgan fingerprint density at radius 1 is 1.47 bits per heavy atom. The molecule has 2 amide bonds. The van der Waals surface area contributed by atoms with Crippen LogP contribution in [0.5, 0.6) is 0 Å². The van der Waals surface area contributed by atoms with Crippen molar-refractivity contribution in [1.29, 1.82) is 0 Å². The van der Waals surface area contributed by atoms with Crippen molar-refractivity contribution in [3.63, 3.8) is 0 Å². The highest BCUT2D eigenvalue weighted by molar-refractivity contribution is 5.92. The minimum atomic E-state index is -0.628. The van der Waals surface area contributed by atoms with Gasteiger partial charge in [0, 0.05) is 19.0 Å². The minimum absolute atomic E-state index is 0.0736. The molecule has 0 aromatic heterocycles. The molecule has 0 spiro atoms. The van der Waals surface area contributed by atoms with E-state index in [4.69, 9.17) is 0 Å². The normalized spacial score (nSPS) is 25.2. The largest absolute Gasteiger partial charge is 0.335 e. The summed E-state index contributed by atoms with van der Waals surface area (Å²) in [4.78, 5) is 25.3. The van der Waals surface area contributed by atoms with E-state index in [0.29, 0.717) is 19.0 Å². The zero-order valence-electron chi connectivity index (χ0n) is 9.38. The van der Waals surface area contributed by atoms with Crippen LogP contribution < -0.4 is 5.32 Å². The second kappa shape index (κ2) is 3.51. The molecule has 15 heavy (non-hydrogen) atoms. The summed E-state index contributed by atoms with van der Waals surface area (Å²) < 4.78 is 0. The number of rotatable bonds is 1. The van der Waals surface area contributed by atoms with Crippen molar-refractivity contribution in [3.8, 4) is 0 Å². The van der Waals surface area contributed by atoms with Gasteiger partial charge in [0.25, 0.3) is 0 Å². The summed E-state index contributed by atoms with van der Waals surface area (Å²) in [6.45, 7) is 4.36. The number of nitrogens with zero attached hydrogens (tertiary/aromatic N) is 1. The number of amides is 2. The van der Waals surface area contributed by atoms with Gasteiger partial charge in [-0.3, -0.25) is 4.79 Å². The molecule has 1 saturated carbocycles. The van der Waals surface area contributed by atoms with Crippen LogP contribution in [0.15, 0.2) is 0 Å². The van der Waals surface area contributed by atoms with Gasteiger partial charge in [-0.25, -0.2) is 4.79 Å². The quantitative estimate of drug-likeness (QED) is 0.709. The molecule has 84 valence electrons. The highest BCUT2D eigenvalue weighted by Gasteiger charge is 2.41. The van der Waals surface area contributed by atoms with E-state index in [-0.39, 0.29) is 11.8 Å². The number of urea groups is 1. The van der Waals surface area contributed by atoms with Gasteiger partial charge in [-0.15, -0.1) is 0 Å². The Morgan fingerprint density at radius 3 is 2.73 bits per heavy atom. The summed E-state index contributed by atoms with van der Waals surface area (Å²) in [7, 11) is 0. The van der Waals surface area contributed by atoms with Gasteiger partial charge in [-0.05, 0) is 33.1 Å². The molecule has 2 rings (SSSR count). The average molecular weight is 210 g/mol. The van der Waals surface area contributed by atoms with Crippen molar-refractivity contribution in [3.05, 3.63) is 0 Å². The molecule has 0 bridgehead atoms. The van der Waals surface area contributed by atoms with Crippen LogP contribution in [-0.2, 0) is 4.79 Å². The first-order valence-corrected chi connectivity index (χ1v) is 5.63. The molecule has 1 aliphatic carbocycles. The van der Waals surface area contributed by atoms with Crippen molar-refractivity contribution < 1.29 is 9.59 Å². The van der Waals surface area contributed by atoms with Gasteiger partial charge in [0.15, 0.2) is 5.78 Å². The van der Waals surface area contributed by atoms with Crippen LogP contribution in [0.25, 0.3) is 0 Å². The number of piperidine rings is 1. The van der Waals surface area contributed by atoms with E-state index < -0.39 is 5.54 Å². The monoisotopic (exact) mass is 210 g/mol. The Morgan fingerprint density at radius 2 is 2.13 bits per heavy atom. The van der Waals surface area contributed by atoms with Crippen molar-refractivity contribution in [1.82, 2.24) is 10.2 Å². The summed E-state index contributed by atoms with van der Waals surface area (Å²) in [6.07, 6.45) is 3.54. The van der Waals surface area contributed by atoms with Crippen LogP contribution in [0.2, 0.25) is 0 Å². The topological polar surface area (TPSA) is 49.4 Å². The van der Waals surface area contributed by atoms with Gasteiger partial charge in [-0.2, -0.15) is 0 Å². The molecule has 0 radical (unpaired) electrons. The molecule has 0 atom stereocenters. The predicted octanol–water partition coefficient (Wildman–Crippen LogP) is 1.30. The number of nitrogens with one attached hydrogen (secondary N) is 1. The molecule has 1 saturated heterocycles. The third kappa shape index (κ3) is 1.98. The lowest BCUT2D eigenvalue weighted by Gasteiger charge is -2.40. The number of Topliss-reactive ketones (excluding diaryl/α,β-unsaturated/α-hetero) is 1. The van der Waals surface area contributed by atoms with Crippen LogP contribution in [0.1, 0.15) is 39.5 Å². The number of likely N-dealkylation sites (tertiary alicyclic amines) is 1. The summed E-state index contributed by atoms with van der Waals surface area (Å²) >= 11 is 0. The molecular weight excluding hydrogens is 192 g/mol. The Balaban J connectivity index is 2.04. The number of carbonyl (C=O) groups is 2. The SMILES string of the molecule is CC1(C)C(=O)CCCN1C(=O)NC1CC1. The molecule has 2 fully saturated rings. The molecule has 0 aromatic carbocycles. The standard InChI is InChI=1S/C11H18N2O2/c1-11(2)9(14)4-3-7-13(11)10(15)12-8-5-6-8/h8H,3-7H2,1-2H3,(H,12,15). The fourth-order valence-corrected chi connectivity index (χ4v) is 1.97. The first kappa shape index (κ1) is 10.5. The summed E-state index contributed by atoms with van der Waals surface area (Å²) in [5, 5.41) is 2.93. The van der Waals surface area contributed by atoms with Crippen LogP contribution in [0, 0.1) is 0 Å². The molecule has 0 aromatic rings. The maximum Gasteiger partial charge on any atom is 0.318 e. The minimum Gasteiger partial charge on any atom is -0.335 e. The first-order chi connectivity index (χ1) is 7.01. The fourth-order valence-electron chi connectivity index (χ4n) is 1.97. The Bertz CT molecular complexity index is 295. The fraction of sp³-hybridized carbons (Fsp3) is 0.818. The van der Waals surface area contributed by atoms with E-state index in [1.807, 2.05) is 13.8 Å². The lowest BCUT2D eigenvalue weighted by Crippen LogP contribution is -2.59. The molecule has 0 unspecified atom stereocenters. The lowest BCUT2D eigenvalue weighted by atomic mass is 9.89. The van der Waals surface area contributed by atoms with E-state index in [0.717, 1.165) is 19.3 Å². The Hall–Kier alpha value is -1.06. The van der Waals surface area contributed by atoms with Gasteiger partial charge < -0.3 is 10.2 Å². The Kier molecular flexibility index (Phi) is 2.44. The summed E-state index contributed by atoms with van der Waals surface area (Å²) in [5.74, 6) is 0.166. The lowest BCUT2D eigenvalue weighted by molar-refractivity contribution is -0.130. The van der Waals surface area contributed by atoms with E-state index in [1.54, 1.807) is 4.90 Å². The smallest absolute Gasteiger partial charge is 0.318 e. The van der Waals surface area contributed by atoms with Crippen LogP contribution in [0.3, 0.4) is 0 Å². The van der Waals surface area contributed by atoms with Gasteiger partial charge in [0.05, 0.1) is 5.54 Å². The zero-order valence-corrected chi connectivity index (χ0v) is 9.38. The maximum atomic E-state index is 11.9. The number of carbonyl (C=O) groups excluding carboxylic acids is 2. The van der Waals surface area contributed by atoms with Crippen LogP contribution in [0.4, 0.5) is 4.79 Å². The number of hydrogen-bond acceptors (Lipinski definition) is 2. The van der Waals surface area contributed by atoms with E-state index in [9.17, 15) is 9.59 Å². The van der Waals surface area contributed by atoms with Crippen LogP contribution >= 0.6 is 0 Å². The van der Waals surface area contributed by atoms with Crippen LogP contribution in [-0.4, -0.2) is 34.8 Å². The van der Waals surface area contributed by atoms with E-state index in [1.165, 1.54) is 0 Å². The molecule has 1 heterocycles. The second-order valence-corrected chi connectivity index (χ2v) is 4.96. The molecular formula is C11H18N2O2. The van der Waals surface area contributed by atoms with Gasteiger partial charge in [0.2, 0.25) is 0 Å². The van der Waals surface area contributed by atoms with Gasteiger partial charge in [0.1, 0.15) is 0 Å². The Labute approximate surface area is 90.0 Å². The van der Waals surface area contributed by atoms with Crippen molar-refractivity contribution in [2.45, 2.75) is 51.1 Å². The highest BCUT2D eigenvalue weighted by atomic mass is 16.2. The van der Waals surface area contributed by atoms with E-state index in [2.05, 4.69) is 5.32 Å². The van der Waals surface area contributed by atoms with Crippen molar-refractivity contribution >= 4 is 11.8 Å². The number of ketones is 1. The van der Waals surface area contributed by atoms with Gasteiger partial charge >= 0.3 is 6.03 Å². The van der Waals surface area contributed by atoms with E-state index >= 15 is 0 Å². The van der Waals surface area contributed by atoms with Gasteiger partial charge in [-0.1, -0.05) is 0 Å². The third-order valence-electron chi connectivity index (χ3n) is 3.29. The average Bonchev–Trinajstić information content (AvgIpc) is 2.93. The molecule has 2 aliphatic rings. The highest BCUT2D eigenvalue weighted by Crippen LogP contribution is 2.26. The summed E-state index contributed by atoms with van der Waals surface area (Å²) in [5.41, 5.74) is -0.628. The third-order valence-corrected chi connectivity index (χ3v) is 3.29. The molecule has 1 aliphatic heterocycles. The molecule has 4 heteroatoms.